The number of hydrogen-bond acceptors (Lipinski definition) is 1. The fraction of sp³-hybridized carbons (Fsp3) is 0.667. The molecule has 0 aromatic rings. The fourth-order valence-electron chi connectivity index (χ4n) is 0. The molecule has 2 nitrogen and oxygen atoms in total. The number of carbonyl (C=O) groups is 1. The zero-order chi connectivity index (χ0) is 5.15. The summed E-state index contributed by atoms with van der Waals surface area (Å²) in [5.74, 6) is -0.213. The third-order valence-electron chi connectivity index (χ3n) is 0.449. The van der Waals surface area contributed by atoms with Gasteiger partial charge in [-0.3, -0.25) is 0 Å². The van der Waals surface area contributed by atoms with Crippen LogP contribution in [0.2, 0.25) is 4.71 Å². The molecule has 0 aliphatic rings. The number of hydrogen-bond donors (Lipinski definition) is 1. The van der Waals surface area contributed by atoms with E-state index in [2.05, 4.69) is 0 Å². The van der Waals surface area contributed by atoms with E-state index in [1.807, 2.05) is 0 Å². The SMILES string of the molecule is C[C@H]([AsH2])C(N)=O. The van der Waals surface area contributed by atoms with Crippen LogP contribution in [0, 0.1) is 0 Å². The van der Waals surface area contributed by atoms with E-state index in [0.29, 0.717) is 0 Å². The van der Waals surface area contributed by atoms with Crippen LogP contribution in [-0.4, -0.2) is 22.8 Å². The summed E-state index contributed by atoms with van der Waals surface area (Å²) in [6.07, 6.45) is 0. The van der Waals surface area contributed by atoms with Crippen molar-refractivity contribution in [3.63, 3.8) is 0 Å². The third kappa shape index (κ3) is 2.28. The first kappa shape index (κ1) is 6.03. The molecule has 0 aliphatic carbocycles. The van der Waals surface area contributed by atoms with Gasteiger partial charge in [0.05, 0.1) is 0 Å². The summed E-state index contributed by atoms with van der Waals surface area (Å²) in [5, 5.41) is 0. The molecular formula is C3H8AsNO. The second-order valence-corrected chi connectivity index (χ2v) is 3.29. The molecule has 0 rings (SSSR count). The molecule has 0 aromatic heterocycles. The van der Waals surface area contributed by atoms with Crippen LogP contribution in [0.25, 0.3) is 0 Å². The van der Waals surface area contributed by atoms with Crippen molar-refractivity contribution in [2.24, 2.45) is 5.73 Å². The van der Waals surface area contributed by atoms with Gasteiger partial charge in [0.25, 0.3) is 0 Å². The monoisotopic (exact) mass is 149 g/mol. The predicted octanol–water partition coefficient (Wildman–Crippen LogP) is -1.09. The number of carbonyl (C=O) groups excluding carboxylic acids is 1. The normalized spacial score (nSPS) is 13.7. The second kappa shape index (κ2) is 2.25. The van der Waals surface area contributed by atoms with Gasteiger partial charge in [0.15, 0.2) is 0 Å². The van der Waals surface area contributed by atoms with E-state index >= 15 is 0 Å². The summed E-state index contributed by atoms with van der Waals surface area (Å²) in [5.41, 5.74) is 4.81. The van der Waals surface area contributed by atoms with E-state index in [4.69, 9.17) is 5.73 Å². The molecule has 0 radical (unpaired) electrons. The second-order valence-electron chi connectivity index (χ2n) is 1.19. The topological polar surface area (TPSA) is 43.1 Å². The van der Waals surface area contributed by atoms with Crippen LogP contribution in [0.5, 0.6) is 0 Å². The van der Waals surface area contributed by atoms with Crippen LogP contribution >= 0.6 is 0 Å². The first-order chi connectivity index (χ1) is 2.64. The summed E-state index contributed by atoms with van der Waals surface area (Å²) >= 11 is 1.37. The van der Waals surface area contributed by atoms with Crippen molar-refractivity contribution in [1.29, 1.82) is 0 Å². The van der Waals surface area contributed by atoms with Gasteiger partial charge in [-0.25, -0.2) is 0 Å². The van der Waals surface area contributed by atoms with Crippen LogP contribution in [-0.2, 0) is 4.79 Å². The summed E-state index contributed by atoms with van der Waals surface area (Å²) < 4.78 is 0.0532. The van der Waals surface area contributed by atoms with Crippen molar-refractivity contribution in [2.45, 2.75) is 11.6 Å². The van der Waals surface area contributed by atoms with Crippen molar-refractivity contribution in [2.75, 3.05) is 0 Å². The first-order valence-corrected chi connectivity index (χ1v) is 3.09. The molecule has 0 aromatic carbocycles. The molecule has 36 valence electrons. The van der Waals surface area contributed by atoms with Gasteiger partial charge >= 0.3 is 44.9 Å². The van der Waals surface area contributed by atoms with Crippen molar-refractivity contribution in [1.82, 2.24) is 0 Å². The Labute approximate surface area is 45.6 Å². The average molecular weight is 149 g/mol. The maximum atomic E-state index is 9.94. The van der Waals surface area contributed by atoms with Gasteiger partial charge in [0, 0.05) is 0 Å². The molecular weight excluding hydrogens is 141 g/mol. The van der Waals surface area contributed by atoms with Crippen molar-refractivity contribution < 1.29 is 4.79 Å². The number of rotatable bonds is 1. The Balaban J connectivity index is 3.26. The molecule has 2 N–H and O–H groups in total. The molecule has 1 amide bonds. The maximum absolute atomic E-state index is 9.94. The third-order valence-corrected chi connectivity index (χ3v) is 1.14. The van der Waals surface area contributed by atoms with E-state index < -0.39 is 0 Å². The Morgan fingerprint density at radius 2 is 2.17 bits per heavy atom. The quantitative estimate of drug-likeness (QED) is 0.473. The molecule has 0 bridgehead atoms. The molecule has 0 heterocycles. The first-order valence-electron chi connectivity index (χ1n) is 1.69. The van der Waals surface area contributed by atoms with Gasteiger partial charge in [-0.2, -0.15) is 0 Å². The predicted molar refractivity (Wildman–Crippen MR) is 27.2 cm³/mol. The van der Waals surface area contributed by atoms with E-state index in [0.717, 1.165) is 0 Å². The van der Waals surface area contributed by atoms with Gasteiger partial charge in [0.2, 0.25) is 0 Å². The van der Waals surface area contributed by atoms with Crippen LogP contribution in [0.1, 0.15) is 6.92 Å². The summed E-state index contributed by atoms with van der Waals surface area (Å²) in [4.78, 5) is 9.94. The van der Waals surface area contributed by atoms with E-state index in [9.17, 15) is 4.79 Å². The molecule has 0 saturated heterocycles. The van der Waals surface area contributed by atoms with Crippen LogP contribution in [0.4, 0.5) is 0 Å². The molecule has 0 fully saturated rings. The standard InChI is InChI=1S/C3H8AsNO/c1-2(4)3(5)6/h2H,4H2,1H3,(H2,5,6)/t2-/m0/s1. The molecule has 2 atom stereocenters. The number of primary amides is 1. The average Bonchev–Trinajstić information content (AvgIpc) is 1.36. The van der Waals surface area contributed by atoms with Gasteiger partial charge in [-0.05, 0) is 0 Å². The van der Waals surface area contributed by atoms with Crippen LogP contribution in [0.15, 0.2) is 0 Å². The van der Waals surface area contributed by atoms with E-state index in [1.54, 1.807) is 6.92 Å². The van der Waals surface area contributed by atoms with E-state index in [-0.39, 0.29) is 10.6 Å². The molecule has 0 spiro atoms. The number of amides is 1. The van der Waals surface area contributed by atoms with Crippen molar-refractivity contribution in [3.05, 3.63) is 0 Å². The van der Waals surface area contributed by atoms with Crippen LogP contribution in [0.3, 0.4) is 0 Å². The minimum absolute atomic E-state index is 0.0532. The minimum atomic E-state index is -0.213. The Bertz CT molecular complexity index is 61.8. The zero-order valence-electron chi connectivity index (χ0n) is 3.64. The Morgan fingerprint density at radius 3 is 2.17 bits per heavy atom. The summed E-state index contributed by atoms with van der Waals surface area (Å²) in [6, 6.07) is 0. The summed E-state index contributed by atoms with van der Waals surface area (Å²) in [7, 11) is 0. The molecule has 0 aliphatic heterocycles. The van der Waals surface area contributed by atoms with E-state index in [1.165, 1.54) is 16.9 Å². The van der Waals surface area contributed by atoms with Gasteiger partial charge in [0.1, 0.15) is 0 Å². The molecule has 3 heteroatoms. The van der Waals surface area contributed by atoms with Crippen LogP contribution < -0.4 is 5.73 Å². The van der Waals surface area contributed by atoms with Crippen molar-refractivity contribution in [3.8, 4) is 0 Å². The summed E-state index contributed by atoms with van der Waals surface area (Å²) in [6.45, 7) is 1.79. The Morgan fingerprint density at radius 1 is 2.00 bits per heavy atom. The fourth-order valence-corrected chi connectivity index (χ4v) is 0. The van der Waals surface area contributed by atoms with Gasteiger partial charge < -0.3 is 0 Å². The molecule has 1 unspecified atom stereocenters. The van der Waals surface area contributed by atoms with Gasteiger partial charge in [-0.1, -0.05) is 0 Å². The zero-order valence-corrected chi connectivity index (χ0v) is 6.06. The van der Waals surface area contributed by atoms with Gasteiger partial charge in [-0.15, -0.1) is 0 Å². The van der Waals surface area contributed by atoms with Crippen molar-refractivity contribution >= 4 is 22.8 Å². The Hall–Kier alpha value is 0.0284. The molecule has 6 heavy (non-hydrogen) atoms. The Kier molecular flexibility index (Phi) is 2.26. The number of nitrogens with two attached hydrogens (primary N) is 1. The molecule has 0 saturated carbocycles.